The number of ether oxygens (including phenoxy) is 1. The molecule has 9 heteroatoms. The molecule has 1 N–H and O–H groups in total. The van der Waals surface area contributed by atoms with E-state index in [-0.39, 0.29) is 12.8 Å². The van der Waals surface area contributed by atoms with Crippen LogP contribution in [0.3, 0.4) is 0 Å². The molecule has 34 heavy (non-hydrogen) atoms. The number of halogens is 1. The van der Waals surface area contributed by atoms with E-state index in [1.165, 1.54) is 17.4 Å². The first kappa shape index (κ1) is 23.3. The molecular formula is C25H21FN2O5S. The number of hydrogen-bond acceptors (Lipinski definition) is 7. The summed E-state index contributed by atoms with van der Waals surface area (Å²) in [6.45, 7) is 3.36. The molecule has 2 aromatic carbocycles. The van der Waals surface area contributed by atoms with Crippen LogP contribution in [0.15, 0.2) is 59.3 Å². The van der Waals surface area contributed by atoms with Gasteiger partial charge in [0.15, 0.2) is 5.76 Å². The maximum atomic E-state index is 14.0. The second-order valence-corrected chi connectivity index (χ2v) is 8.73. The molecule has 4 rings (SSSR count). The molecule has 2 heterocycles. The van der Waals surface area contributed by atoms with Gasteiger partial charge in [-0.2, -0.15) is 0 Å². The number of esters is 1. The Morgan fingerprint density at radius 3 is 2.59 bits per heavy atom. The highest BCUT2D eigenvalue weighted by Crippen LogP contribution is 2.35. The molecule has 0 amide bonds. The van der Waals surface area contributed by atoms with Gasteiger partial charge in [0, 0.05) is 22.9 Å². The molecule has 0 aliphatic rings. The number of aliphatic carboxylic acids is 1. The molecule has 2 aromatic heterocycles. The topological polar surface area (TPSA) is 103 Å². The molecule has 4 aromatic rings. The third-order valence-corrected chi connectivity index (χ3v) is 6.29. The fraction of sp³-hybridized carbons (Fsp3) is 0.200. The van der Waals surface area contributed by atoms with Gasteiger partial charge in [-0.25, -0.2) is 9.37 Å². The molecule has 7 nitrogen and oxygen atoms in total. The molecule has 0 unspecified atom stereocenters. The van der Waals surface area contributed by atoms with Gasteiger partial charge in [-0.3, -0.25) is 9.59 Å². The van der Waals surface area contributed by atoms with Gasteiger partial charge in [0.2, 0.25) is 0 Å². The van der Waals surface area contributed by atoms with Crippen molar-refractivity contribution in [1.29, 1.82) is 0 Å². The number of hydrogen-bond donors (Lipinski definition) is 1. The Bertz CT molecular complexity index is 1330. The summed E-state index contributed by atoms with van der Waals surface area (Å²) in [5.41, 5.74) is 2.97. The minimum absolute atomic E-state index is 0.0459. The maximum Gasteiger partial charge on any atom is 0.311 e. The standard InChI is InChI=1S/C25H21FN2O5S/c1-14-19(12-23(31)32-15(2)18-5-3-4-6-20(18)26)24(33-28-14)21-13-27-25(34-21)17-9-7-16(8-10-17)11-22(29)30/h3-10,13,15H,11-12H2,1-2H3,(H,29,30)/t15-/m1/s1. The highest BCUT2D eigenvalue weighted by molar-refractivity contribution is 7.18. The van der Waals surface area contributed by atoms with E-state index in [1.807, 2.05) is 12.1 Å². The normalized spacial score (nSPS) is 11.9. The van der Waals surface area contributed by atoms with Crippen LogP contribution in [0.25, 0.3) is 21.2 Å². The molecule has 0 aliphatic carbocycles. The fourth-order valence-electron chi connectivity index (χ4n) is 3.49. The van der Waals surface area contributed by atoms with Gasteiger partial charge in [0.1, 0.15) is 16.9 Å². The highest BCUT2D eigenvalue weighted by atomic mass is 32.1. The van der Waals surface area contributed by atoms with Crippen LogP contribution in [-0.2, 0) is 27.2 Å². The largest absolute Gasteiger partial charge is 0.481 e. The van der Waals surface area contributed by atoms with Gasteiger partial charge in [0.05, 0.1) is 23.4 Å². The molecule has 0 saturated carbocycles. The summed E-state index contributed by atoms with van der Waals surface area (Å²) in [7, 11) is 0. The van der Waals surface area contributed by atoms with Crippen molar-refractivity contribution in [1.82, 2.24) is 10.1 Å². The van der Waals surface area contributed by atoms with Crippen molar-refractivity contribution in [3.05, 3.63) is 82.9 Å². The second-order valence-electron chi connectivity index (χ2n) is 7.70. The Morgan fingerprint density at radius 1 is 1.15 bits per heavy atom. The number of thiazole rings is 1. The minimum atomic E-state index is -0.890. The van der Waals surface area contributed by atoms with E-state index in [1.54, 1.807) is 50.4 Å². The Morgan fingerprint density at radius 2 is 1.88 bits per heavy atom. The Hall–Kier alpha value is -3.85. The lowest BCUT2D eigenvalue weighted by Crippen LogP contribution is -2.13. The smallest absolute Gasteiger partial charge is 0.311 e. The number of carboxylic acids is 1. The summed E-state index contributed by atoms with van der Waals surface area (Å²) in [6.07, 6.45) is 0.773. The number of rotatable bonds is 8. The number of aromatic nitrogens is 2. The van der Waals surface area contributed by atoms with E-state index in [9.17, 15) is 14.0 Å². The Labute approximate surface area is 198 Å². The number of carbonyl (C=O) groups excluding carboxylic acids is 1. The maximum absolute atomic E-state index is 14.0. The van der Waals surface area contributed by atoms with E-state index >= 15 is 0 Å². The van der Waals surface area contributed by atoms with Gasteiger partial charge in [-0.1, -0.05) is 47.6 Å². The van der Waals surface area contributed by atoms with Gasteiger partial charge in [-0.15, -0.1) is 11.3 Å². The summed E-state index contributed by atoms with van der Waals surface area (Å²) < 4.78 is 24.9. The third kappa shape index (κ3) is 5.20. The lowest BCUT2D eigenvalue weighted by Gasteiger charge is -2.14. The minimum Gasteiger partial charge on any atom is -0.481 e. The first-order chi connectivity index (χ1) is 16.3. The summed E-state index contributed by atoms with van der Waals surface area (Å²) in [5, 5.41) is 13.6. The molecular weight excluding hydrogens is 459 g/mol. The zero-order chi connectivity index (χ0) is 24.2. The van der Waals surface area contributed by atoms with Crippen molar-refractivity contribution >= 4 is 23.3 Å². The molecule has 174 valence electrons. The van der Waals surface area contributed by atoms with Crippen molar-refractivity contribution in [2.45, 2.75) is 32.8 Å². The summed E-state index contributed by atoms with van der Waals surface area (Å²) in [4.78, 5) is 28.6. The van der Waals surface area contributed by atoms with Crippen LogP contribution in [0.5, 0.6) is 0 Å². The lowest BCUT2D eigenvalue weighted by molar-refractivity contribution is -0.147. The van der Waals surface area contributed by atoms with Crippen LogP contribution in [0, 0.1) is 12.7 Å². The molecule has 0 spiro atoms. The summed E-state index contributed by atoms with van der Waals surface area (Å²) in [5.74, 6) is -1.42. The van der Waals surface area contributed by atoms with Gasteiger partial charge < -0.3 is 14.4 Å². The summed E-state index contributed by atoms with van der Waals surface area (Å²) >= 11 is 1.36. The zero-order valence-corrected chi connectivity index (χ0v) is 19.3. The van der Waals surface area contributed by atoms with E-state index in [4.69, 9.17) is 14.4 Å². The predicted octanol–water partition coefficient (Wildman–Crippen LogP) is 5.39. The lowest BCUT2D eigenvalue weighted by atomic mass is 10.1. The third-order valence-electron chi connectivity index (χ3n) is 5.24. The van der Waals surface area contributed by atoms with Crippen molar-refractivity contribution in [3.8, 4) is 21.2 Å². The number of aryl methyl sites for hydroxylation is 1. The van der Waals surface area contributed by atoms with Crippen molar-refractivity contribution in [2.24, 2.45) is 0 Å². The number of benzene rings is 2. The van der Waals surface area contributed by atoms with Crippen molar-refractivity contribution in [2.75, 3.05) is 0 Å². The SMILES string of the molecule is Cc1noc(-c2cnc(-c3ccc(CC(=O)O)cc3)s2)c1CC(=O)O[C@H](C)c1ccccc1F. The van der Waals surface area contributed by atoms with Gasteiger partial charge in [-0.05, 0) is 25.5 Å². The molecule has 0 radical (unpaired) electrons. The fourth-order valence-corrected chi connectivity index (χ4v) is 4.42. The first-order valence-electron chi connectivity index (χ1n) is 10.5. The molecule has 0 saturated heterocycles. The Balaban J connectivity index is 1.50. The van der Waals surface area contributed by atoms with Crippen LogP contribution < -0.4 is 0 Å². The van der Waals surface area contributed by atoms with Crippen LogP contribution in [-0.4, -0.2) is 27.2 Å². The van der Waals surface area contributed by atoms with E-state index < -0.39 is 23.9 Å². The number of carboxylic acid groups (broad SMARTS) is 1. The zero-order valence-electron chi connectivity index (χ0n) is 18.4. The number of carbonyl (C=O) groups is 2. The van der Waals surface area contributed by atoms with E-state index in [0.29, 0.717) is 38.0 Å². The van der Waals surface area contributed by atoms with Crippen LogP contribution in [0.4, 0.5) is 4.39 Å². The van der Waals surface area contributed by atoms with Crippen LogP contribution >= 0.6 is 11.3 Å². The average molecular weight is 481 g/mol. The highest BCUT2D eigenvalue weighted by Gasteiger charge is 2.23. The molecule has 1 atom stereocenters. The molecule has 0 fully saturated rings. The number of nitrogens with zero attached hydrogens (tertiary/aromatic N) is 2. The molecule has 0 aliphatic heterocycles. The average Bonchev–Trinajstić information content (AvgIpc) is 3.41. The second kappa shape index (κ2) is 9.96. The van der Waals surface area contributed by atoms with Gasteiger partial charge in [0.25, 0.3) is 0 Å². The summed E-state index contributed by atoms with van der Waals surface area (Å²) in [6, 6.07) is 13.3. The van der Waals surface area contributed by atoms with Gasteiger partial charge >= 0.3 is 11.9 Å². The van der Waals surface area contributed by atoms with Crippen molar-refractivity contribution in [3.63, 3.8) is 0 Å². The van der Waals surface area contributed by atoms with Crippen LogP contribution in [0.1, 0.15) is 35.4 Å². The van der Waals surface area contributed by atoms with E-state index in [2.05, 4.69) is 10.1 Å². The van der Waals surface area contributed by atoms with Crippen molar-refractivity contribution < 1.29 is 28.3 Å². The van der Waals surface area contributed by atoms with Crippen LogP contribution in [0.2, 0.25) is 0 Å². The predicted molar refractivity (Wildman–Crippen MR) is 124 cm³/mol. The Kier molecular flexibility index (Phi) is 6.83. The quantitative estimate of drug-likeness (QED) is 0.338. The van der Waals surface area contributed by atoms with E-state index in [0.717, 1.165) is 5.56 Å². The molecule has 0 bridgehead atoms. The monoisotopic (exact) mass is 480 g/mol. The first-order valence-corrected chi connectivity index (χ1v) is 11.3.